The fraction of sp³-hybridized carbons (Fsp3) is 0.607. The standard InChI is InChI=1S/C21H31FN4.C14H17N3O.C10H12ClN.2C8H18/c1-5-9-25(6-2)26-14-17(10-16(3)22)11-19-12-18(7-8-21(19)26)20-13-23-24(4)15-20;1-16-9-13(18)6-11-5-10(3-4-14(11)16)12-7-15-17(2)8-12;1-12-7-3-4-8-9(11)5-2-6-10(8)12;2*1-3-5-7-8-6-4-2/h7-8,12-13,15-17H,5-6,9-11,14H2,1-4H3;3-5,7-8,13,18H,6,9H2,1-2H3;2,5-6H,3-4,7H2,1H3;2*3-8H2,1-2H3. The van der Waals surface area contributed by atoms with E-state index in [-0.39, 0.29) is 6.10 Å². The van der Waals surface area contributed by atoms with Crippen molar-refractivity contribution >= 4 is 28.7 Å². The Bertz CT molecular complexity index is 2230. The number of nitrogens with zero attached hydrogens (tertiary/aromatic N) is 8. The molecule has 0 aliphatic carbocycles. The van der Waals surface area contributed by atoms with Gasteiger partial charge in [0.15, 0.2) is 0 Å². The maximum absolute atomic E-state index is 13.7. The summed E-state index contributed by atoms with van der Waals surface area (Å²) in [6, 6.07) is 19.2. The average Bonchev–Trinajstić information content (AvgIpc) is 4.02. The lowest BCUT2D eigenvalue weighted by Crippen LogP contribution is -2.48. The monoisotopic (exact) mass is 1010 g/mol. The van der Waals surface area contributed by atoms with E-state index in [1.807, 2.05) is 62.7 Å². The Hall–Kier alpha value is -4.38. The summed E-state index contributed by atoms with van der Waals surface area (Å²) < 4.78 is 17.4. The molecule has 0 saturated heterocycles. The van der Waals surface area contributed by atoms with Gasteiger partial charge in [-0.25, -0.2) is 9.40 Å². The van der Waals surface area contributed by atoms with Crippen LogP contribution in [0, 0.1) is 5.92 Å². The van der Waals surface area contributed by atoms with E-state index < -0.39 is 6.17 Å². The second kappa shape index (κ2) is 32.7. The first kappa shape index (κ1) is 60.2. The third-order valence-corrected chi connectivity index (χ3v) is 14.3. The fourth-order valence-electron chi connectivity index (χ4n) is 10.1. The first-order valence-electron chi connectivity index (χ1n) is 28.0. The number of halogens is 2. The highest BCUT2D eigenvalue weighted by molar-refractivity contribution is 6.31. The molecular formula is C61H96ClFN8O. The molecule has 11 heteroatoms. The quantitative estimate of drug-likeness (QED) is 0.0877. The number of hydrogen-bond acceptors (Lipinski definition) is 7. The molecule has 3 aromatic carbocycles. The van der Waals surface area contributed by atoms with Gasteiger partial charge in [0.25, 0.3) is 0 Å². The van der Waals surface area contributed by atoms with E-state index in [4.69, 9.17) is 11.6 Å². The number of benzene rings is 3. The molecule has 0 radical (unpaired) electrons. The molecule has 8 rings (SSSR count). The topological polar surface area (TPSA) is 68.8 Å². The third kappa shape index (κ3) is 19.5. The maximum Gasteiger partial charge on any atom is 0.0977 e. The van der Waals surface area contributed by atoms with Gasteiger partial charge in [-0.2, -0.15) is 10.2 Å². The molecular weight excluding hydrogens is 915 g/mol. The lowest BCUT2D eigenvalue weighted by atomic mass is 9.88. The van der Waals surface area contributed by atoms with Crippen LogP contribution in [0.15, 0.2) is 79.4 Å². The minimum atomic E-state index is -0.758. The van der Waals surface area contributed by atoms with Gasteiger partial charge in [0.05, 0.1) is 30.4 Å². The first-order valence-corrected chi connectivity index (χ1v) is 28.4. The largest absolute Gasteiger partial charge is 0.391 e. The summed E-state index contributed by atoms with van der Waals surface area (Å²) in [6.07, 6.45) is 29.5. The van der Waals surface area contributed by atoms with Gasteiger partial charge < -0.3 is 19.9 Å². The van der Waals surface area contributed by atoms with Gasteiger partial charge in [-0.3, -0.25) is 9.36 Å². The van der Waals surface area contributed by atoms with Gasteiger partial charge >= 0.3 is 0 Å². The van der Waals surface area contributed by atoms with Crippen LogP contribution in [0.3, 0.4) is 0 Å². The van der Waals surface area contributed by atoms with E-state index in [1.165, 1.54) is 123 Å². The normalized spacial score (nSPS) is 16.1. The average molecular weight is 1010 g/mol. The molecule has 0 bridgehead atoms. The van der Waals surface area contributed by atoms with Gasteiger partial charge in [0.2, 0.25) is 0 Å². The van der Waals surface area contributed by atoms with Crippen molar-refractivity contribution in [3.63, 3.8) is 0 Å². The summed E-state index contributed by atoms with van der Waals surface area (Å²) in [4.78, 5) is 4.38. The van der Waals surface area contributed by atoms with Crippen molar-refractivity contribution < 1.29 is 9.50 Å². The highest BCUT2D eigenvalue weighted by Crippen LogP contribution is 2.37. The van der Waals surface area contributed by atoms with Gasteiger partial charge in [-0.15, -0.1) is 0 Å². The van der Waals surface area contributed by atoms with Gasteiger partial charge in [-0.1, -0.05) is 148 Å². The molecule has 0 amide bonds. The zero-order valence-corrected chi connectivity index (χ0v) is 47.5. The highest BCUT2D eigenvalue weighted by atomic mass is 35.5. The van der Waals surface area contributed by atoms with Crippen LogP contribution in [0.5, 0.6) is 0 Å². The number of unbranched alkanes of at least 4 members (excludes halogenated alkanes) is 10. The van der Waals surface area contributed by atoms with Crippen LogP contribution in [0.2, 0.25) is 5.02 Å². The summed E-state index contributed by atoms with van der Waals surface area (Å²) >= 11 is 6.08. The number of hydrogen-bond donors (Lipinski definition) is 1. The molecule has 0 spiro atoms. The van der Waals surface area contributed by atoms with E-state index in [2.05, 4.69) is 121 Å². The zero-order chi connectivity index (χ0) is 52.4. The smallest absolute Gasteiger partial charge is 0.0977 e. The van der Waals surface area contributed by atoms with Crippen LogP contribution in [0.1, 0.15) is 161 Å². The first-order chi connectivity index (χ1) is 34.8. The molecule has 72 heavy (non-hydrogen) atoms. The molecule has 400 valence electrons. The van der Waals surface area contributed by atoms with Crippen molar-refractivity contribution in [2.45, 2.75) is 176 Å². The molecule has 5 aromatic rings. The van der Waals surface area contributed by atoms with E-state index in [0.717, 1.165) is 73.6 Å². The molecule has 5 heterocycles. The lowest BCUT2D eigenvalue weighted by molar-refractivity contribution is 0.177. The Morgan fingerprint density at radius 1 is 0.653 bits per heavy atom. The number of β-amino-alcohol motifs (C(OH)–C–C–N with tert-alkyl or cyclic N) is 1. The fourth-order valence-corrected chi connectivity index (χ4v) is 10.4. The zero-order valence-electron chi connectivity index (χ0n) is 46.8. The molecule has 2 aromatic heterocycles. The lowest BCUT2D eigenvalue weighted by Gasteiger charge is -2.43. The van der Waals surface area contributed by atoms with Crippen LogP contribution in [-0.4, -0.2) is 88.8 Å². The van der Waals surface area contributed by atoms with E-state index in [9.17, 15) is 9.50 Å². The van der Waals surface area contributed by atoms with Crippen LogP contribution in [-0.2, 0) is 33.4 Å². The number of anilines is 3. The number of fused-ring (bicyclic) bond motifs is 3. The minimum absolute atomic E-state index is 0.272. The third-order valence-electron chi connectivity index (χ3n) is 14.0. The maximum atomic E-state index is 13.7. The predicted octanol–water partition coefficient (Wildman–Crippen LogP) is 15.4. The summed E-state index contributed by atoms with van der Waals surface area (Å²) in [7, 11) is 7.99. The molecule has 9 nitrogen and oxygen atoms in total. The predicted molar refractivity (Wildman–Crippen MR) is 309 cm³/mol. The van der Waals surface area contributed by atoms with Crippen molar-refractivity contribution in [3.05, 3.63) is 101 Å². The number of hydrazine groups is 1. The minimum Gasteiger partial charge on any atom is -0.391 e. The molecule has 0 saturated carbocycles. The number of aryl methyl sites for hydroxylation is 2. The summed E-state index contributed by atoms with van der Waals surface area (Å²) in [6.45, 7) is 19.9. The number of likely N-dealkylation sites (N-methyl/N-ethyl adjacent to an activating group) is 1. The van der Waals surface area contributed by atoms with Gasteiger partial charge in [-0.05, 0) is 109 Å². The highest BCUT2D eigenvalue weighted by Gasteiger charge is 2.29. The van der Waals surface area contributed by atoms with Crippen molar-refractivity contribution in [1.82, 2.24) is 24.6 Å². The van der Waals surface area contributed by atoms with Crippen LogP contribution < -0.4 is 14.8 Å². The molecule has 1 N–H and O–H groups in total. The number of rotatable bonds is 18. The van der Waals surface area contributed by atoms with Crippen molar-refractivity contribution in [2.24, 2.45) is 20.0 Å². The van der Waals surface area contributed by atoms with E-state index >= 15 is 0 Å². The van der Waals surface area contributed by atoms with Crippen molar-refractivity contribution in [3.8, 4) is 22.3 Å². The second-order valence-electron chi connectivity index (χ2n) is 20.5. The Labute approximate surface area is 442 Å². The molecule has 0 fully saturated rings. The van der Waals surface area contributed by atoms with Crippen molar-refractivity contribution in [2.75, 3.05) is 61.6 Å². The van der Waals surface area contributed by atoms with Crippen LogP contribution >= 0.6 is 11.6 Å². The molecule has 3 aliphatic heterocycles. The molecule has 3 aliphatic rings. The second-order valence-corrected chi connectivity index (χ2v) is 20.9. The Morgan fingerprint density at radius 2 is 1.19 bits per heavy atom. The Balaban J connectivity index is 0.000000212. The Kier molecular flexibility index (Phi) is 27.4. The van der Waals surface area contributed by atoms with E-state index in [0.29, 0.717) is 18.9 Å². The van der Waals surface area contributed by atoms with Crippen LogP contribution in [0.4, 0.5) is 21.5 Å². The number of alkyl halides is 1. The van der Waals surface area contributed by atoms with Gasteiger partial charge in [0, 0.05) is 107 Å². The molecule has 3 atom stereocenters. The van der Waals surface area contributed by atoms with E-state index in [1.54, 1.807) is 11.6 Å². The van der Waals surface area contributed by atoms with Gasteiger partial charge in [0.1, 0.15) is 0 Å². The number of aliphatic hydroxyl groups excluding tert-OH is 1. The number of aliphatic hydroxyl groups is 1. The van der Waals surface area contributed by atoms with Crippen LogP contribution in [0.25, 0.3) is 22.3 Å². The summed E-state index contributed by atoms with van der Waals surface area (Å²) in [5.41, 5.74) is 12.2. The Morgan fingerprint density at radius 3 is 1.67 bits per heavy atom. The summed E-state index contributed by atoms with van der Waals surface area (Å²) in [5.74, 6) is 0.345. The number of aromatic nitrogens is 4. The summed E-state index contributed by atoms with van der Waals surface area (Å²) in [5, 5.41) is 24.0. The molecule has 3 unspecified atom stereocenters. The van der Waals surface area contributed by atoms with Crippen molar-refractivity contribution in [1.29, 1.82) is 0 Å². The SMILES string of the molecule is CCCCCCCC.CCCCCCCC.CCCN(CC)N1CC(CC(C)F)Cc2cc(-c3cnn(C)c3)ccc21.CN1CC(O)Cc2cc(-c3cnn(C)c3)ccc21.CN1CCCc2c(Cl)cccc21.